The number of nitrogens with one attached hydrogen (secondary N) is 1. The smallest absolute Gasteiger partial charge is 0.223 e. The fourth-order valence-electron chi connectivity index (χ4n) is 3.40. The Bertz CT molecular complexity index is 317. The van der Waals surface area contributed by atoms with Crippen LogP contribution < -0.4 is 5.32 Å². The van der Waals surface area contributed by atoms with Crippen molar-refractivity contribution in [2.24, 2.45) is 5.92 Å². The van der Waals surface area contributed by atoms with E-state index < -0.39 is 0 Å². The summed E-state index contributed by atoms with van der Waals surface area (Å²) in [5, 5.41) is 3.19. The number of nitrogens with zero attached hydrogens (tertiary/aromatic N) is 2. The Morgan fingerprint density at radius 1 is 1.19 bits per heavy atom. The van der Waals surface area contributed by atoms with Crippen LogP contribution >= 0.6 is 0 Å². The Kier molecular flexibility index (Phi) is 6.93. The van der Waals surface area contributed by atoms with E-state index in [2.05, 4.69) is 22.2 Å². The third-order valence-electron chi connectivity index (χ3n) is 5.00. The van der Waals surface area contributed by atoms with Crippen LogP contribution in [0.2, 0.25) is 0 Å². The zero-order valence-corrected chi connectivity index (χ0v) is 13.6. The molecular formula is C16H31N3O2. The first-order chi connectivity index (χ1) is 10.2. The molecule has 2 saturated heterocycles. The summed E-state index contributed by atoms with van der Waals surface area (Å²) in [4.78, 5) is 17.1. The third-order valence-corrected chi connectivity index (χ3v) is 5.00. The van der Waals surface area contributed by atoms with Gasteiger partial charge in [-0.25, -0.2) is 0 Å². The number of methoxy groups -OCH3 is 1. The molecule has 0 aromatic rings. The van der Waals surface area contributed by atoms with Gasteiger partial charge in [0.2, 0.25) is 5.91 Å². The molecule has 2 aliphatic rings. The van der Waals surface area contributed by atoms with Crippen molar-refractivity contribution in [2.75, 3.05) is 53.5 Å². The van der Waals surface area contributed by atoms with Crippen LogP contribution in [0.25, 0.3) is 0 Å². The van der Waals surface area contributed by atoms with Gasteiger partial charge in [-0.05, 0) is 52.4 Å². The number of carbonyl (C=O) groups excluding carboxylic acids is 1. The topological polar surface area (TPSA) is 44.8 Å². The maximum atomic E-state index is 12.3. The molecule has 21 heavy (non-hydrogen) atoms. The lowest BCUT2D eigenvalue weighted by Gasteiger charge is -2.34. The molecule has 5 heteroatoms. The van der Waals surface area contributed by atoms with Crippen molar-refractivity contribution < 1.29 is 9.53 Å². The molecule has 1 atom stereocenters. The number of hydrogen-bond acceptors (Lipinski definition) is 4. The number of piperidine rings is 2. The summed E-state index contributed by atoms with van der Waals surface area (Å²) in [6, 6.07) is 0.532. The SMILES string of the molecule is COCCN1CCC(C(=O)NCC2CCCCN2C)CC1. The number of rotatable bonds is 6. The molecule has 5 nitrogen and oxygen atoms in total. The second kappa shape index (κ2) is 8.71. The highest BCUT2D eigenvalue weighted by Gasteiger charge is 2.26. The lowest BCUT2D eigenvalue weighted by Crippen LogP contribution is -2.47. The second-order valence-corrected chi connectivity index (χ2v) is 6.48. The minimum Gasteiger partial charge on any atom is -0.383 e. The van der Waals surface area contributed by atoms with E-state index >= 15 is 0 Å². The quantitative estimate of drug-likeness (QED) is 0.793. The van der Waals surface area contributed by atoms with E-state index in [0.29, 0.717) is 6.04 Å². The van der Waals surface area contributed by atoms with Gasteiger partial charge in [-0.2, -0.15) is 0 Å². The number of likely N-dealkylation sites (tertiary alicyclic amines) is 2. The van der Waals surface area contributed by atoms with Crippen LogP contribution in [0.1, 0.15) is 32.1 Å². The second-order valence-electron chi connectivity index (χ2n) is 6.48. The van der Waals surface area contributed by atoms with E-state index in [1.807, 2.05) is 0 Å². The molecule has 1 N–H and O–H groups in total. The molecule has 0 aromatic heterocycles. The first-order valence-electron chi connectivity index (χ1n) is 8.40. The summed E-state index contributed by atoms with van der Waals surface area (Å²) in [6.07, 6.45) is 5.77. The van der Waals surface area contributed by atoms with Crippen LogP contribution in [0.5, 0.6) is 0 Å². The van der Waals surface area contributed by atoms with Crippen LogP contribution in [0, 0.1) is 5.92 Å². The predicted molar refractivity (Wildman–Crippen MR) is 84.3 cm³/mol. The molecule has 1 amide bonds. The van der Waals surface area contributed by atoms with Crippen LogP contribution in [0.15, 0.2) is 0 Å². The molecule has 2 rings (SSSR count). The Morgan fingerprint density at radius 2 is 1.95 bits per heavy atom. The lowest BCUT2D eigenvalue weighted by molar-refractivity contribution is -0.126. The normalized spacial score (nSPS) is 25.9. The summed E-state index contributed by atoms with van der Waals surface area (Å²) in [6.45, 7) is 5.79. The van der Waals surface area contributed by atoms with Gasteiger partial charge in [-0.3, -0.25) is 4.79 Å². The Morgan fingerprint density at radius 3 is 2.62 bits per heavy atom. The zero-order chi connectivity index (χ0) is 15.1. The molecule has 0 aromatic carbocycles. The first kappa shape index (κ1) is 16.7. The third kappa shape index (κ3) is 5.24. The Balaban J connectivity index is 1.65. The van der Waals surface area contributed by atoms with Gasteiger partial charge in [-0.1, -0.05) is 6.42 Å². The first-order valence-corrected chi connectivity index (χ1v) is 8.40. The van der Waals surface area contributed by atoms with Crippen molar-refractivity contribution in [3.8, 4) is 0 Å². The minimum absolute atomic E-state index is 0.206. The van der Waals surface area contributed by atoms with Gasteiger partial charge in [-0.15, -0.1) is 0 Å². The summed E-state index contributed by atoms with van der Waals surface area (Å²) in [7, 11) is 3.91. The fraction of sp³-hybridized carbons (Fsp3) is 0.938. The van der Waals surface area contributed by atoms with Gasteiger partial charge in [0.05, 0.1) is 6.61 Å². The average molecular weight is 297 g/mol. The molecule has 122 valence electrons. The monoisotopic (exact) mass is 297 g/mol. The van der Waals surface area contributed by atoms with Crippen molar-refractivity contribution in [1.82, 2.24) is 15.1 Å². The molecule has 1 unspecified atom stereocenters. The van der Waals surface area contributed by atoms with E-state index in [1.165, 1.54) is 25.8 Å². The number of hydrogen-bond donors (Lipinski definition) is 1. The molecule has 0 aliphatic carbocycles. The summed E-state index contributed by atoms with van der Waals surface area (Å²) in [5.74, 6) is 0.470. The van der Waals surface area contributed by atoms with Crippen LogP contribution in [0.4, 0.5) is 0 Å². The van der Waals surface area contributed by atoms with E-state index in [0.717, 1.165) is 45.6 Å². The predicted octanol–water partition coefficient (Wildman–Crippen LogP) is 0.945. The Hall–Kier alpha value is -0.650. The zero-order valence-electron chi connectivity index (χ0n) is 13.6. The highest BCUT2D eigenvalue weighted by atomic mass is 16.5. The molecule has 0 spiro atoms. The van der Waals surface area contributed by atoms with E-state index in [9.17, 15) is 4.79 Å². The van der Waals surface area contributed by atoms with E-state index in [-0.39, 0.29) is 11.8 Å². The van der Waals surface area contributed by atoms with Gasteiger partial charge in [0.25, 0.3) is 0 Å². The number of carbonyl (C=O) groups is 1. The molecule has 2 aliphatic heterocycles. The van der Waals surface area contributed by atoms with Crippen LogP contribution in [-0.2, 0) is 9.53 Å². The standard InChI is InChI=1S/C16H31N3O2/c1-18-8-4-3-5-15(18)13-17-16(20)14-6-9-19(10-7-14)11-12-21-2/h14-15H,3-13H2,1-2H3,(H,17,20). The molecule has 0 saturated carbocycles. The maximum Gasteiger partial charge on any atom is 0.223 e. The van der Waals surface area contributed by atoms with E-state index in [1.54, 1.807) is 7.11 Å². The molecule has 0 bridgehead atoms. The molecule has 0 radical (unpaired) electrons. The van der Waals surface area contributed by atoms with Crippen molar-refractivity contribution in [1.29, 1.82) is 0 Å². The fourth-order valence-corrected chi connectivity index (χ4v) is 3.40. The molecule has 2 fully saturated rings. The highest BCUT2D eigenvalue weighted by Crippen LogP contribution is 2.18. The summed E-state index contributed by atoms with van der Waals surface area (Å²) >= 11 is 0. The number of ether oxygens (including phenoxy) is 1. The summed E-state index contributed by atoms with van der Waals surface area (Å²) < 4.78 is 5.11. The Labute approximate surface area is 129 Å². The minimum atomic E-state index is 0.206. The van der Waals surface area contributed by atoms with Gasteiger partial charge in [0, 0.05) is 32.2 Å². The van der Waals surface area contributed by atoms with Crippen LogP contribution in [-0.4, -0.2) is 75.2 Å². The van der Waals surface area contributed by atoms with Gasteiger partial charge < -0.3 is 19.9 Å². The number of likely N-dealkylation sites (N-methyl/N-ethyl adjacent to an activating group) is 1. The van der Waals surface area contributed by atoms with Gasteiger partial charge >= 0.3 is 0 Å². The summed E-state index contributed by atoms with van der Waals surface area (Å²) in [5.41, 5.74) is 0. The van der Waals surface area contributed by atoms with Crippen molar-refractivity contribution in [2.45, 2.75) is 38.1 Å². The highest BCUT2D eigenvalue weighted by molar-refractivity contribution is 5.78. The largest absolute Gasteiger partial charge is 0.383 e. The molecular weight excluding hydrogens is 266 g/mol. The van der Waals surface area contributed by atoms with Gasteiger partial charge in [0.1, 0.15) is 0 Å². The van der Waals surface area contributed by atoms with Gasteiger partial charge in [0.15, 0.2) is 0 Å². The van der Waals surface area contributed by atoms with Crippen molar-refractivity contribution in [3.05, 3.63) is 0 Å². The van der Waals surface area contributed by atoms with Crippen molar-refractivity contribution >= 4 is 5.91 Å². The molecule has 2 heterocycles. The number of amides is 1. The van der Waals surface area contributed by atoms with Crippen LogP contribution in [0.3, 0.4) is 0 Å². The lowest BCUT2D eigenvalue weighted by atomic mass is 9.95. The van der Waals surface area contributed by atoms with E-state index in [4.69, 9.17) is 4.74 Å². The maximum absolute atomic E-state index is 12.3. The average Bonchev–Trinajstić information content (AvgIpc) is 2.52. The van der Waals surface area contributed by atoms with Crippen molar-refractivity contribution in [3.63, 3.8) is 0 Å².